The van der Waals surface area contributed by atoms with Gasteiger partial charge >= 0.3 is 0 Å². The molecule has 0 saturated carbocycles. The number of hydrogen-bond acceptors (Lipinski definition) is 4. The summed E-state index contributed by atoms with van der Waals surface area (Å²) in [4.78, 5) is 16.8. The average molecular weight is 325 g/mol. The van der Waals surface area contributed by atoms with Crippen molar-refractivity contribution in [2.75, 3.05) is 14.2 Å². The number of aromatic nitrogens is 2. The number of fused-ring (bicyclic) bond motifs is 1. The summed E-state index contributed by atoms with van der Waals surface area (Å²) < 4.78 is 12.3. The van der Waals surface area contributed by atoms with Gasteiger partial charge in [-0.3, -0.25) is 4.79 Å². The fourth-order valence-electron chi connectivity index (χ4n) is 2.52. The number of carbonyl (C=O) groups excluding carboxylic acids is 1. The van der Waals surface area contributed by atoms with Gasteiger partial charge in [0, 0.05) is 12.4 Å². The first-order valence-electron chi connectivity index (χ1n) is 7.59. The standard InChI is InChI=1S/C18H19N3O3/c1-12(13-7-8-15(23-2)16(10-13)24-3)19-18(22)14-11-21-9-5-4-6-17(21)20-14/h4-12H,1-3H3,(H,19,22)/t12-/m1/s1. The molecule has 124 valence electrons. The van der Waals surface area contributed by atoms with Crippen LogP contribution >= 0.6 is 0 Å². The van der Waals surface area contributed by atoms with Crippen LogP contribution in [0.4, 0.5) is 0 Å². The SMILES string of the molecule is COc1ccc([C@@H](C)NC(=O)c2cn3ccccc3n2)cc1OC. The molecule has 3 rings (SSSR count). The highest BCUT2D eigenvalue weighted by atomic mass is 16.5. The van der Waals surface area contributed by atoms with E-state index in [1.165, 1.54) is 0 Å². The number of ether oxygens (including phenoxy) is 2. The van der Waals surface area contributed by atoms with Gasteiger partial charge in [-0.1, -0.05) is 12.1 Å². The summed E-state index contributed by atoms with van der Waals surface area (Å²) in [5.41, 5.74) is 2.04. The Balaban J connectivity index is 1.78. The Morgan fingerprint density at radius 3 is 2.67 bits per heavy atom. The number of carbonyl (C=O) groups is 1. The number of methoxy groups -OCH3 is 2. The second-order valence-corrected chi connectivity index (χ2v) is 5.40. The zero-order chi connectivity index (χ0) is 17.1. The van der Waals surface area contributed by atoms with Crippen molar-refractivity contribution in [3.8, 4) is 11.5 Å². The quantitative estimate of drug-likeness (QED) is 0.783. The molecule has 2 heterocycles. The number of rotatable bonds is 5. The molecule has 0 aliphatic rings. The smallest absolute Gasteiger partial charge is 0.271 e. The minimum atomic E-state index is -0.221. The molecule has 1 N–H and O–H groups in total. The van der Waals surface area contributed by atoms with Crippen molar-refractivity contribution in [1.82, 2.24) is 14.7 Å². The number of pyridine rings is 1. The third kappa shape index (κ3) is 3.03. The number of benzene rings is 1. The molecule has 6 heteroatoms. The van der Waals surface area contributed by atoms with E-state index < -0.39 is 0 Å². The van der Waals surface area contributed by atoms with E-state index in [1.54, 1.807) is 20.4 Å². The highest BCUT2D eigenvalue weighted by Crippen LogP contribution is 2.29. The lowest BCUT2D eigenvalue weighted by atomic mass is 10.1. The summed E-state index contributed by atoms with van der Waals surface area (Å²) in [5, 5.41) is 2.95. The Labute approximate surface area is 140 Å². The summed E-state index contributed by atoms with van der Waals surface area (Å²) in [6, 6.07) is 11.0. The molecule has 0 fully saturated rings. The van der Waals surface area contributed by atoms with Gasteiger partial charge in [-0.05, 0) is 36.8 Å². The van der Waals surface area contributed by atoms with Gasteiger partial charge in [0.25, 0.3) is 5.91 Å². The lowest BCUT2D eigenvalue weighted by Gasteiger charge is -2.16. The predicted octanol–water partition coefficient (Wildman–Crippen LogP) is 2.84. The molecule has 6 nitrogen and oxygen atoms in total. The van der Waals surface area contributed by atoms with Gasteiger partial charge in [0.05, 0.1) is 20.3 Å². The first kappa shape index (κ1) is 15.9. The maximum Gasteiger partial charge on any atom is 0.271 e. The van der Waals surface area contributed by atoms with Crippen LogP contribution in [-0.4, -0.2) is 29.5 Å². The fourth-order valence-corrected chi connectivity index (χ4v) is 2.52. The van der Waals surface area contributed by atoms with Crippen LogP contribution in [0.2, 0.25) is 0 Å². The van der Waals surface area contributed by atoms with E-state index in [0.29, 0.717) is 17.2 Å². The van der Waals surface area contributed by atoms with Crippen LogP contribution in [0.1, 0.15) is 29.0 Å². The van der Waals surface area contributed by atoms with Crippen molar-refractivity contribution < 1.29 is 14.3 Å². The van der Waals surface area contributed by atoms with Gasteiger partial charge in [0.15, 0.2) is 11.5 Å². The monoisotopic (exact) mass is 325 g/mol. The molecule has 2 aromatic heterocycles. The van der Waals surface area contributed by atoms with Gasteiger partial charge in [-0.2, -0.15) is 0 Å². The maximum absolute atomic E-state index is 12.4. The van der Waals surface area contributed by atoms with E-state index in [-0.39, 0.29) is 11.9 Å². The molecule has 0 radical (unpaired) electrons. The van der Waals surface area contributed by atoms with Crippen LogP contribution < -0.4 is 14.8 Å². The Kier molecular flexibility index (Phi) is 4.37. The second-order valence-electron chi connectivity index (χ2n) is 5.40. The van der Waals surface area contributed by atoms with E-state index in [9.17, 15) is 4.79 Å². The molecule has 1 atom stereocenters. The maximum atomic E-state index is 12.4. The molecule has 0 spiro atoms. The van der Waals surface area contributed by atoms with Gasteiger partial charge in [0.1, 0.15) is 11.3 Å². The molecule has 0 unspecified atom stereocenters. The fraction of sp³-hybridized carbons (Fsp3) is 0.222. The van der Waals surface area contributed by atoms with Gasteiger partial charge < -0.3 is 19.2 Å². The lowest BCUT2D eigenvalue weighted by Crippen LogP contribution is -2.26. The number of amides is 1. The van der Waals surface area contributed by atoms with Gasteiger partial charge in [-0.25, -0.2) is 4.98 Å². The molecular weight excluding hydrogens is 306 g/mol. The third-order valence-electron chi connectivity index (χ3n) is 3.85. The van der Waals surface area contributed by atoms with Crippen LogP contribution in [-0.2, 0) is 0 Å². The van der Waals surface area contributed by atoms with Crippen LogP contribution in [0.5, 0.6) is 11.5 Å². The van der Waals surface area contributed by atoms with Crippen LogP contribution in [0.15, 0.2) is 48.8 Å². The summed E-state index contributed by atoms with van der Waals surface area (Å²) in [5.74, 6) is 1.06. The topological polar surface area (TPSA) is 64.9 Å². The predicted molar refractivity (Wildman–Crippen MR) is 90.6 cm³/mol. The van der Waals surface area contributed by atoms with Crippen molar-refractivity contribution in [1.29, 1.82) is 0 Å². The summed E-state index contributed by atoms with van der Waals surface area (Å²) >= 11 is 0. The molecule has 0 aliphatic carbocycles. The molecular formula is C18H19N3O3. The zero-order valence-electron chi connectivity index (χ0n) is 13.8. The first-order valence-corrected chi connectivity index (χ1v) is 7.59. The molecule has 1 aromatic carbocycles. The third-order valence-corrected chi connectivity index (χ3v) is 3.85. The largest absolute Gasteiger partial charge is 0.493 e. The van der Waals surface area contributed by atoms with E-state index >= 15 is 0 Å². The van der Waals surface area contributed by atoms with Crippen molar-refractivity contribution in [3.05, 3.63) is 60.0 Å². The van der Waals surface area contributed by atoms with Gasteiger partial charge in [0.2, 0.25) is 0 Å². The molecule has 0 bridgehead atoms. The Morgan fingerprint density at radius 1 is 1.17 bits per heavy atom. The summed E-state index contributed by atoms with van der Waals surface area (Å²) in [7, 11) is 3.17. The van der Waals surface area contributed by atoms with E-state index in [0.717, 1.165) is 11.2 Å². The van der Waals surface area contributed by atoms with Crippen molar-refractivity contribution in [3.63, 3.8) is 0 Å². The number of nitrogens with one attached hydrogen (secondary N) is 1. The Bertz CT molecular complexity index is 840. The minimum absolute atomic E-state index is 0.192. The number of imidazole rings is 1. The van der Waals surface area contributed by atoms with Crippen LogP contribution in [0.25, 0.3) is 5.65 Å². The molecule has 0 saturated heterocycles. The van der Waals surface area contributed by atoms with Crippen LogP contribution in [0, 0.1) is 0 Å². The second kappa shape index (κ2) is 6.62. The lowest BCUT2D eigenvalue weighted by molar-refractivity contribution is 0.0935. The molecule has 0 aliphatic heterocycles. The van der Waals surface area contributed by atoms with E-state index in [4.69, 9.17) is 9.47 Å². The van der Waals surface area contributed by atoms with Crippen LogP contribution in [0.3, 0.4) is 0 Å². The molecule has 24 heavy (non-hydrogen) atoms. The Morgan fingerprint density at radius 2 is 1.96 bits per heavy atom. The van der Waals surface area contributed by atoms with Crippen molar-refractivity contribution in [2.45, 2.75) is 13.0 Å². The minimum Gasteiger partial charge on any atom is -0.493 e. The summed E-state index contributed by atoms with van der Waals surface area (Å²) in [6.45, 7) is 1.91. The highest BCUT2D eigenvalue weighted by Gasteiger charge is 2.16. The average Bonchev–Trinajstić information content (AvgIpc) is 3.05. The molecule has 3 aromatic rings. The van der Waals surface area contributed by atoms with E-state index in [1.807, 2.05) is 53.9 Å². The Hall–Kier alpha value is -3.02. The first-order chi connectivity index (χ1) is 11.6. The number of nitrogens with zero attached hydrogens (tertiary/aromatic N) is 2. The molecule has 1 amide bonds. The van der Waals surface area contributed by atoms with E-state index in [2.05, 4.69) is 10.3 Å². The van der Waals surface area contributed by atoms with Gasteiger partial charge in [-0.15, -0.1) is 0 Å². The van der Waals surface area contributed by atoms with Crippen molar-refractivity contribution in [2.24, 2.45) is 0 Å². The number of hydrogen-bond donors (Lipinski definition) is 1. The normalized spacial score (nSPS) is 12.0. The highest BCUT2D eigenvalue weighted by molar-refractivity contribution is 5.93. The zero-order valence-corrected chi connectivity index (χ0v) is 13.8. The summed E-state index contributed by atoms with van der Waals surface area (Å²) in [6.07, 6.45) is 3.57. The van der Waals surface area contributed by atoms with Crippen molar-refractivity contribution >= 4 is 11.6 Å².